The lowest BCUT2D eigenvalue weighted by atomic mass is 9.66. The largest absolute Gasteiger partial charge is 0.504 e. The second-order valence-corrected chi connectivity index (χ2v) is 8.88. The van der Waals surface area contributed by atoms with Crippen LogP contribution >= 0.6 is 0 Å². The number of carbonyl (C=O) groups is 1. The number of methoxy groups -OCH3 is 2. The van der Waals surface area contributed by atoms with Crippen LogP contribution in [0, 0.1) is 5.92 Å². The lowest BCUT2D eigenvalue weighted by molar-refractivity contribution is -0.115. The topological polar surface area (TPSA) is 88.5 Å². The number of ether oxygens (including phenoxy) is 3. The molecule has 1 amide bonds. The highest BCUT2D eigenvalue weighted by atomic mass is 16.5. The molecule has 1 aliphatic heterocycles. The zero-order chi connectivity index (χ0) is 23.6. The van der Waals surface area contributed by atoms with Crippen molar-refractivity contribution in [1.29, 1.82) is 0 Å². The first kappa shape index (κ1) is 23.2. The summed E-state index contributed by atoms with van der Waals surface area (Å²) in [5, 5.41) is 21.8. The molecule has 1 saturated heterocycles. The standard InChI is InChI=1S/C26H33NO6/c1-4-33-23-15-17(8-11-21(23)28)24-20-7-5-6-12-26(20,30)13-14-27(24)25(29)19-10-9-18(31-2)16-22(19)32-3/h8-11,15-16,20,24,28,30H,4-7,12-14H2,1-3H3/t20-,24-,26+/m1/s1. The Hall–Kier alpha value is -2.93. The zero-order valence-corrected chi connectivity index (χ0v) is 19.5. The maximum Gasteiger partial charge on any atom is 0.258 e. The van der Waals surface area contributed by atoms with E-state index in [0.29, 0.717) is 42.4 Å². The molecule has 2 aliphatic rings. The molecule has 3 atom stereocenters. The van der Waals surface area contributed by atoms with E-state index in [1.54, 1.807) is 37.4 Å². The number of carbonyl (C=O) groups excluding carboxylic acids is 1. The highest BCUT2D eigenvalue weighted by Gasteiger charge is 2.50. The van der Waals surface area contributed by atoms with E-state index in [-0.39, 0.29) is 23.6 Å². The Morgan fingerprint density at radius 2 is 1.91 bits per heavy atom. The summed E-state index contributed by atoms with van der Waals surface area (Å²) in [6, 6.07) is 10.1. The van der Waals surface area contributed by atoms with Crippen molar-refractivity contribution in [3.8, 4) is 23.0 Å². The van der Waals surface area contributed by atoms with Crippen molar-refractivity contribution in [2.75, 3.05) is 27.4 Å². The van der Waals surface area contributed by atoms with E-state index in [4.69, 9.17) is 14.2 Å². The van der Waals surface area contributed by atoms with Crippen LogP contribution in [0.4, 0.5) is 0 Å². The number of rotatable bonds is 6. The molecule has 0 bridgehead atoms. The van der Waals surface area contributed by atoms with E-state index in [9.17, 15) is 15.0 Å². The average Bonchev–Trinajstić information content (AvgIpc) is 2.83. The van der Waals surface area contributed by atoms with Crippen molar-refractivity contribution in [2.24, 2.45) is 5.92 Å². The Labute approximate surface area is 194 Å². The second-order valence-electron chi connectivity index (χ2n) is 8.88. The Bertz CT molecular complexity index is 1010. The number of hydrogen-bond acceptors (Lipinski definition) is 6. The first-order valence-corrected chi connectivity index (χ1v) is 11.6. The number of likely N-dealkylation sites (tertiary alicyclic amines) is 1. The van der Waals surface area contributed by atoms with Crippen molar-refractivity contribution >= 4 is 5.91 Å². The Morgan fingerprint density at radius 3 is 2.64 bits per heavy atom. The van der Waals surface area contributed by atoms with Gasteiger partial charge in [-0.25, -0.2) is 0 Å². The molecule has 0 aromatic heterocycles. The summed E-state index contributed by atoms with van der Waals surface area (Å²) < 4.78 is 16.4. The fourth-order valence-electron chi connectivity index (χ4n) is 5.44. The zero-order valence-electron chi connectivity index (χ0n) is 19.5. The third-order valence-electron chi connectivity index (χ3n) is 7.09. The van der Waals surface area contributed by atoms with Crippen LogP contribution in [0.25, 0.3) is 0 Å². The molecule has 2 aromatic carbocycles. The molecule has 7 heteroatoms. The number of fused-ring (bicyclic) bond motifs is 1. The molecule has 2 aromatic rings. The predicted molar refractivity (Wildman–Crippen MR) is 124 cm³/mol. The number of piperidine rings is 1. The molecule has 1 aliphatic carbocycles. The van der Waals surface area contributed by atoms with Crippen LogP contribution in [0.15, 0.2) is 36.4 Å². The van der Waals surface area contributed by atoms with Gasteiger partial charge in [0.15, 0.2) is 11.5 Å². The molecule has 4 rings (SSSR count). The molecule has 0 spiro atoms. The summed E-state index contributed by atoms with van der Waals surface area (Å²) in [4.78, 5) is 15.7. The lowest BCUT2D eigenvalue weighted by Gasteiger charge is -2.52. The lowest BCUT2D eigenvalue weighted by Crippen LogP contribution is -2.56. The van der Waals surface area contributed by atoms with Gasteiger partial charge in [0, 0.05) is 18.5 Å². The van der Waals surface area contributed by atoms with Crippen molar-refractivity contribution < 1.29 is 29.2 Å². The normalized spacial score (nSPS) is 24.7. The number of amides is 1. The number of nitrogens with zero attached hydrogens (tertiary/aromatic N) is 1. The number of aromatic hydroxyl groups is 1. The van der Waals surface area contributed by atoms with Crippen molar-refractivity contribution in [3.05, 3.63) is 47.5 Å². The maximum absolute atomic E-state index is 13.9. The molecule has 0 radical (unpaired) electrons. The number of benzene rings is 2. The summed E-state index contributed by atoms with van der Waals surface area (Å²) in [6.45, 7) is 2.70. The van der Waals surface area contributed by atoms with E-state index in [1.165, 1.54) is 7.11 Å². The van der Waals surface area contributed by atoms with E-state index in [2.05, 4.69) is 0 Å². The predicted octanol–water partition coefficient (Wildman–Crippen LogP) is 4.32. The van der Waals surface area contributed by atoms with Crippen LogP contribution in [0.5, 0.6) is 23.0 Å². The van der Waals surface area contributed by atoms with Gasteiger partial charge in [-0.1, -0.05) is 18.9 Å². The number of phenols is 1. The third-order valence-corrected chi connectivity index (χ3v) is 7.09. The molecule has 7 nitrogen and oxygen atoms in total. The maximum atomic E-state index is 13.9. The van der Waals surface area contributed by atoms with Gasteiger partial charge in [-0.2, -0.15) is 0 Å². The van der Waals surface area contributed by atoms with Crippen LogP contribution in [0.3, 0.4) is 0 Å². The van der Waals surface area contributed by atoms with Crippen molar-refractivity contribution in [1.82, 2.24) is 4.90 Å². The van der Waals surface area contributed by atoms with Gasteiger partial charge in [0.1, 0.15) is 11.5 Å². The van der Waals surface area contributed by atoms with E-state index in [1.807, 2.05) is 17.9 Å². The molecule has 33 heavy (non-hydrogen) atoms. The van der Waals surface area contributed by atoms with E-state index >= 15 is 0 Å². The molecular weight excluding hydrogens is 422 g/mol. The van der Waals surface area contributed by atoms with Gasteiger partial charge in [0.25, 0.3) is 5.91 Å². The fourth-order valence-corrected chi connectivity index (χ4v) is 5.44. The third kappa shape index (κ3) is 4.34. The highest BCUT2D eigenvalue weighted by Crippen LogP contribution is 2.50. The smallest absolute Gasteiger partial charge is 0.258 e. The Balaban J connectivity index is 1.78. The molecule has 2 N–H and O–H groups in total. The number of phenolic OH excluding ortho intramolecular Hbond substituents is 1. The Morgan fingerprint density at radius 1 is 1.09 bits per heavy atom. The molecule has 1 saturated carbocycles. The first-order valence-electron chi connectivity index (χ1n) is 11.6. The van der Waals surface area contributed by atoms with Crippen LogP contribution in [0.1, 0.15) is 61.0 Å². The van der Waals surface area contributed by atoms with Crippen molar-refractivity contribution in [3.63, 3.8) is 0 Å². The quantitative estimate of drug-likeness (QED) is 0.675. The number of hydrogen-bond donors (Lipinski definition) is 2. The summed E-state index contributed by atoms with van der Waals surface area (Å²) in [6.07, 6.45) is 4.09. The van der Waals surface area contributed by atoms with Crippen molar-refractivity contribution in [2.45, 2.75) is 50.7 Å². The van der Waals surface area contributed by atoms with Crippen LogP contribution in [0.2, 0.25) is 0 Å². The minimum atomic E-state index is -0.812. The van der Waals surface area contributed by atoms with Gasteiger partial charge in [0.2, 0.25) is 0 Å². The Kier molecular flexibility index (Phi) is 6.70. The minimum absolute atomic E-state index is 0.0602. The fraction of sp³-hybridized carbons (Fsp3) is 0.500. The summed E-state index contributed by atoms with van der Waals surface area (Å²) in [5.74, 6) is 1.24. The van der Waals surface area contributed by atoms with Gasteiger partial charge in [-0.15, -0.1) is 0 Å². The first-order chi connectivity index (χ1) is 15.9. The molecule has 178 valence electrons. The van der Waals surface area contributed by atoms with E-state index in [0.717, 1.165) is 31.2 Å². The molecule has 2 fully saturated rings. The highest BCUT2D eigenvalue weighted by molar-refractivity contribution is 5.97. The summed E-state index contributed by atoms with van der Waals surface area (Å²) >= 11 is 0. The monoisotopic (exact) mass is 455 g/mol. The van der Waals surface area contributed by atoms with Crippen LogP contribution in [-0.4, -0.2) is 54.0 Å². The SMILES string of the molecule is CCOc1cc([C@@H]2[C@H]3CCCC[C@]3(O)CCN2C(=O)c2ccc(OC)cc2OC)ccc1O. The van der Waals surface area contributed by atoms with Gasteiger partial charge in [-0.05, 0) is 56.0 Å². The molecular formula is C26H33NO6. The van der Waals surface area contributed by atoms with E-state index < -0.39 is 5.60 Å². The molecule has 0 unspecified atom stereocenters. The minimum Gasteiger partial charge on any atom is -0.504 e. The van der Waals surface area contributed by atoms with Crippen LogP contribution in [-0.2, 0) is 0 Å². The summed E-state index contributed by atoms with van der Waals surface area (Å²) in [7, 11) is 3.11. The van der Waals surface area contributed by atoms with Gasteiger partial charge < -0.3 is 29.3 Å². The van der Waals surface area contributed by atoms with Gasteiger partial charge >= 0.3 is 0 Å². The van der Waals surface area contributed by atoms with Gasteiger partial charge in [0.05, 0.1) is 38.0 Å². The summed E-state index contributed by atoms with van der Waals surface area (Å²) in [5.41, 5.74) is 0.489. The molecule has 1 heterocycles. The van der Waals surface area contributed by atoms with Gasteiger partial charge in [-0.3, -0.25) is 4.79 Å². The number of aliphatic hydroxyl groups is 1. The van der Waals surface area contributed by atoms with Crippen LogP contribution < -0.4 is 14.2 Å². The average molecular weight is 456 g/mol. The second kappa shape index (κ2) is 9.51.